The van der Waals surface area contributed by atoms with Gasteiger partial charge < -0.3 is 5.73 Å². The van der Waals surface area contributed by atoms with E-state index < -0.39 is 5.82 Å². The smallest absolute Gasteiger partial charge is 0.131 e. The van der Waals surface area contributed by atoms with Crippen molar-refractivity contribution in [1.82, 2.24) is 0 Å². The number of hydrogen-bond acceptors (Lipinski definition) is 1. The molecule has 0 unspecified atom stereocenters. The van der Waals surface area contributed by atoms with Gasteiger partial charge in [-0.2, -0.15) is 0 Å². The summed E-state index contributed by atoms with van der Waals surface area (Å²) in [4.78, 5) is 0. The predicted molar refractivity (Wildman–Crippen MR) is 63.9 cm³/mol. The van der Waals surface area contributed by atoms with Crippen molar-refractivity contribution in [3.63, 3.8) is 0 Å². The number of anilines is 1. The molecule has 2 aromatic carbocycles. The molecule has 1 nitrogen and oxygen atoms in total. The van der Waals surface area contributed by atoms with Crippen LogP contribution in [-0.4, -0.2) is 0 Å². The van der Waals surface area contributed by atoms with E-state index in [2.05, 4.69) is 15.9 Å². The van der Waals surface area contributed by atoms with Crippen molar-refractivity contribution in [3.05, 3.63) is 52.5 Å². The normalized spacial score (nSPS) is 10.4. The topological polar surface area (TPSA) is 26.0 Å². The van der Waals surface area contributed by atoms with Crippen molar-refractivity contribution >= 4 is 21.6 Å². The van der Waals surface area contributed by atoms with E-state index in [1.54, 1.807) is 12.1 Å². The number of hydrogen-bond donors (Lipinski definition) is 1. The van der Waals surface area contributed by atoms with Gasteiger partial charge in [-0.25, -0.2) is 8.78 Å². The highest BCUT2D eigenvalue weighted by Crippen LogP contribution is 2.30. The molecule has 0 fully saturated rings. The second kappa shape index (κ2) is 4.22. The molecular weight excluding hydrogens is 276 g/mol. The number of nitrogens with two attached hydrogens (primary N) is 1. The second-order valence-electron chi connectivity index (χ2n) is 3.36. The molecule has 0 aromatic heterocycles. The molecule has 16 heavy (non-hydrogen) atoms. The van der Waals surface area contributed by atoms with Gasteiger partial charge in [-0.1, -0.05) is 15.9 Å². The molecule has 0 aliphatic rings. The average molecular weight is 284 g/mol. The van der Waals surface area contributed by atoms with Crippen molar-refractivity contribution < 1.29 is 8.78 Å². The Bertz CT molecular complexity index is 541. The summed E-state index contributed by atoms with van der Waals surface area (Å²) in [6, 6.07) is 8.44. The first-order chi connectivity index (χ1) is 7.58. The Morgan fingerprint density at radius 2 is 1.69 bits per heavy atom. The van der Waals surface area contributed by atoms with Gasteiger partial charge in [0.2, 0.25) is 0 Å². The van der Waals surface area contributed by atoms with Gasteiger partial charge in [0.1, 0.15) is 11.6 Å². The van der Waals surface area contributed by atoms with Crippen molar-refractivity contribution in [2.75, 3.05) is 5.73 Å². The highest BCUT2D eigenvalue weighted by molar-refractivity contribution is 9.10. The Morgan fingerprint density at radius 1 is 0.938 bits per heavy atom. The van der Waals surface area contributed by atoms with Gasteiger partial charge in [0.15, 0.2) is 0 Å². The summed E-state index contributed by atoms with van der Waals surface area (Å²) in [5.74, 6) is -0.821. The number of rotatable bonds is 1. The lowest BCUT2D eigenvalue weighted by Crippen LogP contribution is -1.93. The van der Waals surface area contributed by atoms with E-state index in [9.17, 15) is 8.78 Å². The maximum Gasteiger partial charge on any atom is 0.131 e. The molecule has 2 aromatic rings. The first kappa shape index (κ1) is 11.1. The van der Waals surface area contributed by atoms with Crippen LogP contribution in [0.15, 0.2) is 40.9 Å². The van der Waals surface area contributed by atoms with Crippen LogP contribution in [-0.2, 0) is 0 Å². The molecule has 0 saturated carbocycles. The number of halogens is 3. The molecule has 2 rings (SSSR count). The van der Waals surface area contributed by atoms with E-state index in [0.29, 0.717) is 11.1 Å². The van der Waals surface area contributed by atoms with Crippen molar-refractivity contribution in [2.24, 2.45) is 0 Å². The maximum absolute atomic E-state index is 13.6. The second-order valence-corrected chi connectivity index (χ2v) is 4.27. The van der Waals surface area contributed by atoms with E-state index in [0.717, 1.165) is 4.47 Å². The van der Waals surface area contributed by atoms with Crippen LogP contribution in [0.1, 0.15) is 0 Å². The van der Waals surface area contributed by atoms with Crippen molar-refractivity contribution in [1.29, 1.82) is 0 Å². The van der Waals surface area contributed by atoms with Crippen LogP contribution in [0.25, 0.3) is 11.1 Å². The van der Waals surface area contributed by atoms with Gasteiger partial charge >= 0.3 is 0 Å². The van der Waals surface area contributed by atoms with E-state index in [-0.39, 0.29) is 11.5 Å². The molecule has 0 amide bonds. The highest BCUT2D eigenvalue weighted by Gasteiger charge is 2.09. The molecule has 82 valence electrons. The van der Waals surface area contributed by atoms with Crippen LogP contribution in [0, 0.1) is 11.6 Å². The monoisotopic (exact) mass is 283 g/mol. The average Bonchev–Trinajstić information content (AvgIpc) is 2.22. The zero-order valence-corrected chi connectivity index (χ0v) is 9.76. The first-order valence-electron chi connectivity index (χ1n) is 4.58. The fraction of sp³-hybridized carbons (Fsp3) is 0. The molecule has 0 bridgehead atoms. The Kier molecular flexibility index (Phi) is 2.92. The largest absolute Gasteiger partial charge is 0.398 e. The van der Waals surface area contributed by atoms with Crippen molar-refractivity contribution in [2.45, 2.75) is 0 Å². The van der Waals surface area contributed by atoms with Gasteiger partial charge in [0.25, 0.3) is 0 Å². The summed E-state index contributed by atoms with van der Waals surface area (Å²) in [6.45, 7) is 0. The Balaban J connectivity index is 2.62. The zero-order valence-electron chi connectivity index (χ0n) is 8.18. The van der Waals surface area contributed by atoms with Crippen LogP contribution in [0.3, 0.4) is 0 Å². The molecule has 0 aliphatic heterocycles. The molecule has 0 radical (unpaired) electrons. The quantitative estimate of drug-likeness (QED) is 0.788. The molecule has 0 spiro atoms. The third-order valence-electron chi connectivity index (χ3n) is 2.23. The van der Waals surface area contributed by atoms with Crippen LogP contribution >= 0.6 is 15.9 Å². The lowest BCUT2D eigenvalue weighted by atomic mass is 10.0. The van der Waals surface area contributed by atoms with E-state index in [1.807, 2.05) is 0 Å². The molecule has 2 N–H and O–H groups in total. The summed E-state index contributed by atoms with van der Waals surface area (Å²) in [5.41, 5.74) is 6.71. The SMILES string of the molecule is Nc1cc(F)ccc1-c1cc(Br)ccc1F. The minimum Gasteiger partial charge on any atom is -0.398 e. The van der Waals surface area contributed by atoms with Crippen LogP contribution in [0.5, 0.6) is 0 Å². The minimum atomic E-state index is -0.434. The maximum atomic E-state index is 13.6. The van der Waals surface area contributed by atoms with E-state index in [1.165, 1.54) is 24.3 Å². The summed E-state index contributed by atoms with van der Waals surface area (Å²) < 4.78 is 27.2. The van der Waals surface area contributed by atoms with Crippen LogP contribution < -0.4 is 5.73 Å². The summed E-state index contributed by atoms with van der Waals surface area (Å²) in [6.07, 6.45) is 0. The number of benzene rings is 2. The zero-order chi connectivity index (χ0) is 11.7. The summed E-state index contributed by atoms with van der Waals surface area (Å²) in [7, 11) is 0. The van der Waals surface area contributed by atoms with Crippen molar-refractivity contribution in [3.8, 4) is 11.1 Å². The summed E-state index contributed by atoms with van der Waals surface area (Å²) in [5, 5.41) is 0. The van der Waals surface area contributed by atoms with Gasteiger partial charge in [-0.3, -0.25) is 0 Å². The third-order valence-corrected chi connectivity index (χ3v) is 2.73. The number of nitrogen functional groups attached to an aromatic ring is 1. The summed E-state index contributed by atoms with van der Waals surface area (Å²) >= 11 is 3.25. The Hall–Kier alpha value is -1.42. The third kappa shape index (κ3) is 2.07. The predicted octanol–water partition coefficient (Wildman–Crippen LogP) is 3.98. The molecule has 0 atom stereocenters. The lowest BCUT2D eigenvalue weighted by molar-refractivity contribution is 0.626. The van der Waals surface area contributed by atoms with Gasteiger partial charge in [-0.05, 0) is 36.4 Å². The highest BCUT2D eigenvalue weighted by atomic mass is 79.9. The molecule has 4 heteroatoms. The van der Waals surface area contributed by atoms with Crippen LogP contribution in [0.2, 0.25) is 0 Å². The Morgan fingerprint density at radius 3 is 2.38 bits per heavy atom. The Labute approximate surface area is 100 Å². The van der Waals surface area contributed by atoms with E-state index in [4.69, 9.17) is 5.73 Å². The fourth-order valence-corrected chi connectivity index (χ4v) is 1.84. The van der Waals surface area contributed by atoms with Gasteiger partial charge in [-0.15, -0.1) is 0 Å². The minimum absolute atomic E-state index is 0.219. The van der Waals surface area contributed by atoms with Gasteiger partial charge in [0.05, 0.1) is 0 Å². The first-order valence-corrected chi connectivity index (χ1v) is 5.37. The molecule has 0 aliphatic carbocycles. The lowest BCUT2D eigenvalue weighted by Gasteiger charge is -2.07. The standard InChI is InChI=1S/C12H8BrF2N/c13-7-1-4-11(15)10(5-7)9-3-2-8(14)6-12(9)16/h1-6H,16H2. The van der Waals surface area contributed by atoms with Gasteiger partial charge in [0, 0.05) is 21.3 Å². The van der Waals surface area contributed by atoms with E-state index >= 15 is 0 Å². The molecule has 0 saturated heterocycles. The molecular formula is C12H8BrF2N. The molecule has 0 heterocycles. The van der Waals surface area contributed by atoms with Crippen LogP contribution in [0.4, 0.5) is 14.5 Å². The fourth-order valence-electron chi connectivity index (χ4n) is 1.48.